The number of allylic oxidation sites excluding steroid dienone is 1. The third kappa shape index (κ3) is 5.86. The summed E-state index contributed by atoms with van der Waals surface area (Å²) >= 11 is 0. The van der Waals surface area contributed by atoms with E-state index in [9.17, 15) is 13.2 Å². The van der Waals surface area contributed by atoms with Gasteiger partial charge in [-0.3, -0.25) is 4.79 Å². The summed E-state index contributed by atoms with van der Waals surface area (Å²) in [5.41, 5.74) is 1.42. The molecule has 25 heavy (non-hydrogen) atoms. The molecule has 0 saturated heterocycles. The summed E-state index contributed by atoms with van der Waals surface area (Å²) in [7, 11) is -0.495. The van der Waals surface area contributed by atoms with E-state index in [0.29, 0.717) is 12.3 Å². The molecule has 1 amide bonds. The second-order valence-corrected chi connectivity index (χ2v) is 8.41. The van der Waals surface area contributed by atoms with Crippen LogP contribution < -0.4 is 10.1 Å². The van der Waals surface area contributed by atoms with Crippen molar-refractivity contribution in [2.45, 2.75) is 37.0 Å². The van der Waals surface area contributed by atoms with Crippen LogP contribution in [0.4, 0.5) is 0 Å². The molecule has 1 N–H and O–H groups in total. The summed E-state index contributed by atoms with van der Waals surface area (Å²) in [5, 5.41) is 2.84. The molecule has 2 rings (SSSR count). The number of carbonyl (C=O) groups is 1. The molecular weight excluding hydrogens is 340 g/mol. The van der Waals surface area contributed by atoms with Crippen LogP contribution in [0.2, 0.25) is 0 Å². The van der Waals surface area contributed by atoms with Crippen molar-refractivity contribution in [1.29, 1.82) is 0 Å². The Kier molecular flexibility index (Phi) is 7.01. The number of hydrogen-bond donors (Lipinski definition) is 1. The van der Waals surface area contributed by atoms with Gasteiger partial charge in [0.1, 0.15) is 5.75 Å². The molecule has 0 saturated carbocycles. The topological polar surface area (TPSA) is 75.7 Å². The zero-order valence-electron chi connectivity index (χ0n) is 14.8. The molecule has 138 valence electrons. The summed E-state index contributed by atoms with van der Waals surface area (Å²) < 4.78 is 30.5. The number of hydrogen-bond acceptors (Lipinski definition) is 4. The number of benzene rings is 1. The van der Waals surface area contributed by atoms with E-state index in [-0.39, 0.29) is 17.4 Å². The summed E-state index contributed by atoms with van der Waals surface area (Å²) in [6, 6.07) is 6.04. The Bertz CT molecular complexity index is 709. The minimum Gasteiger partial charge on any atom is -0.484 e. The van der Waals surface area contributed by atoms with Crippen molar-refractivity contribution >= 4 is 15.9 Å². The third-order valence-electron chi connectivity index (χ3n) is 4.13. The van der Waals surface area contributed by atoms with E-state index in [1.165, 1.54) is 44.6 Å². The Morgan fingerprint density at radius 1 is 1.20 bits per heavy atom. The van der Waals surface area contributed by atoms with Crippen LogP contribution in [0.25, 0.3) is 0 Å². The quantitative estimate of drug-likeness (QED) is 0.717. The Morgan fingerprint density at radius 2 is 1.92 bits per heavy atom. The van der Waals surface area contributed by atoms with Gasteiger partial charge in [-0.25, -0.2) is 12.7 Å². The van der Waals surface area contributed by atoms with E-state index in [1.807, 2.05) is 0 Å². The van der Waals surface area contributed by atoms with Gasteiger partial charge in [0, 0.05) is 20.6 Å². The minimum absolute atomic E-state index is 0.0845. The molecule has 1 aromatic rings. The van der Waals surface area contributed by atoms with Gasteiger partial charge in [-0.05, 0) is 56.4 Å². The Morgan fingerprint density at radius 3 is 2.52 bits per heavy atom. The number of rotatable bonds is 8. The molecule has 1 aliphatic carbocycles. The van der Waals surface area contributed by atoms with E-state index in [1.54, 1.807) is 12.1 Å². The Hall–Kier alpha value is -1.86. The minimum atomic E-state index is -3.45. The largest absolute Gasteiger partial charge is 0.484 e. The lowest BCUT2D eigenvalue weighted by atomic mass is 9.97. The van der Waals surface area contributed by atoms with Crippen LogP contribution >= 0.6 is 0 Å². The predicted molar refractivity (Wildman–Crippen MR) is 97.0 cm³/mol. The number of nitrogens with zero attached hydrogens (tertiary/aromatic N) is 1. The van der Waals surface area contributed by atoms with Crippen LogP contribution in [0, 0.1) is 0 Å². The highest BCUT2D eigenvalue weighted by Crippen LogP contribution is 2.19. The van der Waals surface area contributed by atoms with E-state index in [2.05, 4.69) is 11.4 Å². The fraction of sp³-hybridized carbons (Fsp3) is 0.500. The van der Waals surface area contributed by atoms with Crippen molar-refractivity contribution in [3.05, 3.63) is 35.9 Å². The van der Waals surface area contributed by atoms with Crippen LogP contribution in [0.3, 0.4) is 0 Å². The van der Waals surface area contributed by atoms with Gasteiger partial charge in [0.15, 0.2) is 6.61 Å². The first-order valence-corrected chi connectivity index (χ1v) is 9.93. The molecule has 6 nitrogen and oxygen atoms in total. The molecule has 0 bridgehead atoms. The van der Waals surface area contributed by atoms with Crippen molar-refractivity contribution in [3.63, 3.8) is 0 Å². The third-order valence-corrected chi connectivity index (χ3v) is 5.95. The van der Waals surface area contributed by atoms with Crippen molar-refractivity contribution in [3.8, 4) is 5.75 Å². The smallest absolute Gasteiger partial charge is 0.257 e. The molecule has 0 fully saturated rings. The molecule has 0 heterocycles. The molecule has 0 unspecified atom stereocenters. The number of carbonyl (C=O) groups excluding carboxylic acids is 1. The van der Waals surface area contributed by atoms with E-state index in [0.717, 1.165) is 23.6 Å². The average molecular weight is 366 g/mol. The van der Waals surface area contributed by atoms with E-state index < -0.39 is 10.0 Å². The zero-order valence-corrected chi connectivity index (χ0v) is 15.6. The summed E-state index contributed by atoms with van der Waals surface area (Å²) in [5.74, 6) is 0.282. The second kappa shape index (κ2) is 9.01. The fourth-order valence-corrected chi connectivity index (χ4v) is 3.51. The molecule has 1 aliphatic rings. The van der Waals surface area contributed by atoms with Gasteiger partial charge in [-0.15, -0.1) is 0 Å². The van der Waals surface area contributed by atoms with Crippen LogP contribution in [-0.2, 0) is 14.8 Å². The highest BCUT2D eigenvalue weighted by Gasteiger charge is 2.16. The molecular formula is C18H26N2O4S. The van der Waals surface area contributed by atoms with Gasteiger partial charge in [-0.1, -0.05) is 11.6 Å². The van der Waals surface area contributed by atoms with Crippen molar-refractivity contribution < 1.29 is 17.9 Å². The van der Waals surface area contributed by atoms with Crippen LogP contribution in [0.1, 0.15) is 32.1 Å². The SMILES string of the molecule is CN(C)S(=O)(=O)c1ccc(OCC(=O)NCCC2=CCCCC2)cc1. The second-order valence-electron chi connectivity index (χ2n) is 6.26. The van der Waals surface area contributed by atoms with Crippen molar-refractivity contribution in [2.75, 3.05) is 27.2 Å². The molecule has 0 aromatic heterocycles. The van der Waals surface area contributed by atoms with Gasteiger partial charge in [0.2, 0.25) is 10.0 Å². The fourth-order valence-electron chi connectivity index (χ4n) is 2.61. The summed E-state index contributed by atoms with van der Waals surface area (Å²) in [6.07, 6.45) is 7.94. The lowest BCUT2D eigenvalue weighted by Gasteiger charge is -2.13. The van der Waals surface area contributed by atoms with Crippen LogP contribution in [0.5, 0.6) is 5.75 Å². The molecule has 0 spiro atoms. The van der Waals surface area contributed by atoms with Crippen LogP contribution in [0.15, 0.2) is 40.8 Å². The average Bonchev–Trinajstić information content (AvgIpc) is 2.61. The van der Waals surface area contributed by atoms with E-state index >= 15 is 0 Å². The summed E-state index contributed by atoms with van der Waals surface area (Å²) in [6.45, 7) is 0.535. The maximum absolute atomic E-state index is 12.0. The highest BCUT2D eigenvalue weighted by molar-refractivity contribution is 7.89. The number of sulfonamides is 1. The van der Waals surface area contributed by atoms with Gasteiger partial charge < -0.3 is 10.1 Å². The molecule has 1 aromatic carbocycles. The number of ether oxygens (including phenoxy) is 1. The van der Waals surface area contributed by atoms with Crippen molar-refractivity contribution in [1.82, 2.24) is 9.62 Å². The van der Waals surface area contributed by atoms with Gasteiger partial charge in [0.25, 0.3) is 5.91 Å². The number of nitrogens with one attached hydrogen (secondary N) is 1. The van der Waals surface area contributed by atoms with Gasteiger partial charge in [-0.2, -0.15) is 0 Å². The molecule has 0 aliphatic heterocycles. The molecule has 7 heteroatoms. The normalized spacial score (nSPS) is 14.9. The van der Waals surface area contributed by atoms with Crippen LogP contribution in [-0.4, -0.2) is 45.9 Å². The van der Waals surface area contributed by atoms with Gasteiger partial charge in [0.05, 0.1) is 4.90 Å². The Balaban J connectivity index is 1.75. The van der Waals surface area contributed by atoms with Gasteiger partial charge >= 0.3 is 0 Å². The molecule has 0 atom stereocenters. The predicted octanol–water partition coefficient (Wildman–Crippen LogP) is 2.32. The maximum atomic E-state index is 12.0. The van der Waals surface area contributed by atoms with Crippen molar-refractivity contribution in [2.24, 2.45) is 0 Å². The Labute approximate surface area is 149 Å². The lowest BCUT2D eigenvalue weighted by Crippen LogP contribution is -2.30. The first kappa shape index (κ1) is 19.5. The standard InChI is InChI=1S/C18H26N2O4S/c1-20(2)25(22,23)17-10-8-16(9-11-17)24-14-18(21)19-13-12-15-6-4-3-5-7-15/h6,8-11H,3-5,7,12-14H2,1-2H3,(H,19,21). The summed E-state index contributed by atoms with van der Waals surface area (Å²) in [4.78, 5) is 12.0. The van der Waals surface area contributed by atoms with E-state index in [4.69, 9.17) is 4.74 Å². The first-order chi connectivity index (χ1) is 11.9. The first-order valence-electron chi connectivity index (χ1n) is 8.49. The number of amides is 1. The lowest BCUT2D eigenvalue weighted by molar-refractivity contribution is -0.123. The highest BCUT2D eigenvalue weighted by atomic mass is 32.2. The zero-order chi connectivity index (χ0) is 18.3. The molecule has 0 radical (unpaired) electrons. The maximum Gasteiger partial charge on any atom is 0.257 e. The monoisotopic (exact) mass is 366 g/mol.